The normalized spacial score (nSPS) is 18.0. The van der Waals surface area contributed by atoms with Crippen LogP contribution in [-0.4, -0.2) is 69.1 Å². The second-order valence-electron chi connectivity index (χ2n) is 3.64. The quantitative estimate of drug-likeness (QED) is 0.250. The number of aliphatic hydroxyl groups excluding tert-OH is 5. The molecule has 0 aliphatic carbocycles. The van der Waals surface area contributed by atoms with E-state index in [1.54, 1.807) is 0 Å². The van der Waals surface area contributed by atoms with Gasteiger partial charge in [0.25, 0.3) is 0 Å². The number of aliphatic hydroxyl groups is 5. The fourth-order valence-corrected chi connectivity index (χ4v) is 1.01. The third-order valence-electron chi connectivity index (χ3n) is 2.10. The Bertz CT molecular complexity index is 265. The van der Waals surface area contributed by atoms with Crippen LogP contribution in [0.3, 0.4) is 0 Å². The third kappa shape index (κ3) is 4.80. The van der Waals surface area contributed by atoms with E-state index in [2.05, 4.69) is 11.3 Å². The number of hydrogen-bond acceptors (Lipinski definition) is 7. The summed E-state index contributed by atoms with van der Waals surface area (Å²) in [6.45, 7) is 3.17. The van der Waals surface area contributed by atoms with Gasteiger partial charge in [0, 0.05) is 5.57 Å². The van der Waals surface area contributed by atoms with Gasteiger partial charge in [0.15, 0.2) is 6.10 Å². The Morgan fingerprint density at radius 2 is 1.71 bits per heavy atom. The molecule has 0 radical (unpaired) electrons. The van der Waals surface area contributed by atoms with Gasteiger partial charge in [-0.05, 0) is 6.92 Å². The number of carbonyl (C=O) groups is 1. The van der Waals surface area contributed by atoms with Crippen molar-refractivity contribution in [2.75, 3.05) is 13.2 Å². The molecular weight excluding hydrogens is 232 g/mol. The lowest BCUT2D eigenvalue weighted by molar-refractivity contribution is -0.166. The minimum Gasteiger partial charge on any atom is -0.454 e. The van der Waals surface area contributed by atoms with E-state index in [9.17, 15) is 15.0 Å². The molecule has 4 atom stereocenters. The fourth-order valence-electron chi connectivity index (χ4n) is 1.01. The minimum atomic E-state index is -1.74. The molecule has 0 saturated heterocycles. The number of esters is 1. The van der Waals surface area contributed by atoms with Crippen LogP contribution in [0.5, 0.6) is 0 Å². The molecule has 17 heavy (non-hydrogen) atoms. The van der Waals surface area contributed by atoms with E-state index in [4.69, 9.17) is 15.3 Å². The Kier molecular flexibility index (Phi) is 6.93. The SMILES string of the molecule is C=C(C)C(=O)O[C@H](CO)[C@@H](O)[C@H](O)[C@@H](O)CO. The molecule has 0 spiro atoms. The molecule has 0 amide bonds. The summed E-state index contributed by atoms with van der Waals surface area (Å²) in [5, 5.41) is 45.4. The monoisotopic (exact) mass is 250 g/mol. The van der Waals surface area contributed by atoms with Crippen LogP contribution >= 0.6 is 0 Å². The zero-order chi connectivity index (χ0) is 13.6. The van der Waals surface area contributed by atoms with Crippen LogP contribution < -0.4 is 0 Å². The second-order valence-corrected chi connectivity index (χ2v) is 3.64. The van der Waals surface area contributed by atoms with Crippen molar-refractivity contribution in [1.82, 2.24) is 0 Å². The van der Waals surface area contributed by atoms with Crippen molar-refractivity contribution in [3.63, 3.8) is 0 Å². The predicted octanol–water partition coefficient (Wildman–Crippen LogP) is -2.46. The molecule has 100 valence electrons. The molecular formula is C10H18O7. The first-order chi connectivity index (χ1) is 7.84. The van der Waals surface area contributed by atoms with Crippen LogP contribution in [0, 0.1) is 0 Å². The van der Waals surface area contributed by atoms with Gasteiger partial charge in [-0.25, -0.2) is 4.79 Å². The number of rotatable bonds is 7. The first-order valence-corrected chi connectivity index (χ1v) is 4.97. The van der Waals surface area contributed by atoms with Crippen molar-refractivity contribution in [2.24, 2.45) is 0 Å². The van der Waals surface area contributed by atoms with E-state index >= 15 is 0 Å². The highest BCUT2D eigenvalue weighted by Crippen LogP contribution is 2.09. The maximum atomic E-state index is 11.1. The highest BCUT2D eigenvalue weighted by molar-refractivity contribution is 5.87. The second kappa shape index (κ2) is 7.36. The number of hydrogen-bond donors (Lipinski definition) is 5. The molecule has 0 aliphatic heterocycles. The largest absolute Gasteiger partial charge is 0.454 e. The molecule has 0 aromatic rings. The average molecular weight is 250 g/mol. The third-order valence-corrected chi connectivity index (χ3v) is 2.10. The summed E-state index contributed by atoms with van der Waals surface area (Å²) in [5.74, 6) is -0.839. The summed E-state index contributed by atoms with van der Waals surface area (Å²) in [5.41, 5.74) is 0.0628. The van der Waals surface area contributed by atoms with Crippen molar-refractivity contribution in [3.8, 4) is 0 Å². The van der Waals surface area contributed by atoms with E-state index < -0.39 is 43.6 Å². The van der Waals surface area contributed by atoms with Gasteiger partial charge < -0.3 is 30.3 Å². The van der Waals surface area contributed by atoms with E-state index in [-0.39, 0.29) is 5.57 Å². The van der Waals surface area contributed by atoms with Gasteiger partial charge in [-0.1, -0.05) is 6.58 Å². The van der Waals surface area contributed by atoms with Crippen molar-refractivity contribution >= 4 is 5.97 Å². The van der Waals surface area contributed by atoms with E-state index in [1.165, 1.54) is 6.92 Å². The first kappa shape index (κ1) is 16.0. The molecule has 0 bridgehead atoms. The Labute approximate surface area is 98.6 Å². The van der Waals surface area contributed by atoms with Crippen LogP contribution in [-0.2, 0) is 9.53 Å². The van der Waals surface area contributed by atoms with Crippen LogP contribution in [0.4, 0.5) is 0 Å². The number of ether oxygens (including phenoxy) is 1. The Morgan fingerprint density at radius 3 is 2.06 bits per heavy atom. The van der Waals surface area contributed by atoms with Gasteiger partial charge >= 0.3 is 5.97 Å². The molecule has 0 saturated carbocycles. The van der Waals surface area contributed by atoms with Crippen molar-refractivity contribution in [2.45, 2.75) is 31.3 Å². The summed E-state index contributed by atoms with van der Waals surface area (Å²) in [6, 6.07) is 0. The van der Waals surface area contributed by atoms with Gasteiger partial charge in [-0.3, -0.25) is 0 Å². The summed E-state index contributed by atoms with van der Waals surface area (Å²) in [7, 11) is 0. The fraction of sp³-hybridized carbons (Fsp3) is 0.700. The summed E-state index contributed by atoms with van der Waals surface area (Å²) in [6.07, 6.45) is -6.46. The van der Waals surface area contributed by atoms with Crippen LogP contribution in [0.25, 0.3) is 0 Å². The molecule has 7 nitrogen and oxygen atoms in total. The number of carbonyl (C=O) groups excluding carboxylic acids is 1. The maximum Gasteiger partial charge on any atom is 0.333 e. The van der Waals surface area contributed by atoms with Gasteiger partial charge in [0.1, 0.15) is 18.3 Å². The predicted molar refractivity (Wildman–Crippen MR) is 56.9 cm³/mol. The standard InChI is InChI=1S/C10H18O7/c1-5(2)10(16)17-7(4-12)9(15)8(14)6(13)3-11/h6-9,11-15H,1,3-4H2,2H3/t6-,7+,8+,9+/m0/s1. The highest BCUT2D eigenvalue weighted by Gasteiger charge is 2.33. The van der Waals surface area contributed by atoms with Gasteiger partial charge in [-0.15, -0.1) is 0 Å². The smallest absolute Gasteiger partial charge is 0.333 e. The topological polar surface area (TPSA) is 127 Å². The van der Waals surface area contributed by atoms with Crippen molar-refractivity contribution in [3.05, 3.63) is 12.2 Å². The summed E-state index contributed by atoms with van der Waals surface area (Å²) in [4.78, 5) is 11.1. The molecule has 7 heteroatoms. The van der Waals surface area contributed by atoms with E-state index in [0.717, 1.165) is 0 Å². The molecule has 0 aliphatic rings. The summed E-state index contributed by atoms with van der Waals surface area (Å²) < 4.78 is 4.65. The van der Waals surface area contributed by atoms with Gasteiger partial charge in [0.05, 0.1) is 13.2 Å². The molecule has 0 aromatic carbocycles. The van der Waals surface area contributed by atoms with Crippen LogP contribution in [0.1, 0.15) is 6.92 Å². The van der Waals surface area contributed by atoms with Crippen LogP contribution in [0.2, 0.25) is 0 Å². The summed E-state index contributed by atoms with van der Waals surface area (Å²) >= 11 is 0. The van der Waals surface area contributed by atoms with Gasteiger partial charge in [-0.2, -0.15) is 0 Å². The zero-order valence-electron chi connectivity index (χ0n) is 9.48. The molecule has 0 fully saturated rings. The molecule has 0 unspecified atom stereocenters. The Balaban J connectivity index is 4.54. The molecule has 0 heterocycles. The zero-order valence-corrected chi connectivity index (χ0v) is 9.48. The Hall–Kier alpha value is -0.990. The molecule has 0 aromatic heterocycles. The van der Waals surface area contributed by atoms with Crippen LogP contribution in [0.15, 0.2) is 12.2 Å². The average Bonchev–Trinajstić information content (AvgIpc) is 2.32. The lowest BCUT2D eigenvalue weighted by Gasteiger charge is -2.27. The molecule has 0 rings (SSSR count). The Morgan fingerprint density at radius 1 is 1.18 bits per heavy atom. The first-order valence-electron chi connectivity index (χ1n) is 4.97. The van der Waals surface area contributed by atoms with E-state index in [0.29, 0.717) is 0 Å². The highest BCUT2D eigenvalue weighted by atomic mass is 16.6. The lowest BCUT2D eigenvalue weighted by Crippen LogP contribution is -2.48. The van der Waals surface area contributed by atoms with Crippen molar-refractivity contribution in [1.29, 1.82) is 0 Å². The van der Waals surface area contributed by atoms with Gasteiger partial charge in [0.2, 0.25) is 0 Å². The minimum absolute atomic E-state index is 0.0628. The lowest BCUT2D eigenvalue weighted by atomic mass is 10.0. The van der Waals surface area contributed by atoms with E-state index in [1.807, 2.05) is 0 Å². The van der Waals surface area contributed by atoms with Crippen molar-refractivity contribution < 1.29 is 35.1 Å². The molecule has 5 N–H and O–H groups in total. The maximum absolute atomic E-state index is 11.1.